The van der Waals surface area contributed by atoms with Gasteiger partial charge in [-0.2, -0.15) is 0 Å². The first kappa shape index (κ1) is 12.4. The second kappa shape index (κ2) is 3.75. The zero-order valence-electron chi connectivity index (χ0n) is 8.50. The molecule has 0 amide bonds. The van der Waals surface area contributed by atoms with Gasteiger partial charge in [-0.3, -0.25) is 0 Å². The van der Waals surface area contributed by atoms with Gasteiger partial charge < -0.3 is 0 Å². The maximum atomic E-state index is 13.0. The summed E-state index contributed by atoms with van der Waals surface area (Å²) in [7, 11) is 0. The summed E-state index contributed by atoms with van der Waals surface area (Å²) in [5, 5.41) is 0.0773. The fraction of sp³-hybridized carbons (Fsp3) is 0.400. The number of hydrogen-bond donors (Lipinski definition) is 0. The molecule has 0 aliphatic heterocycles. The Kier molecular flexibility index (Phi) is 3.11. The van der Waals surface area contributed by atoms with Crippen LogP contribution in [0.4, 0.5) is 17.6 Å². The third-order valence-corrected chi connectivity index (χ3v) is 7.10. The number of halogens is 4. The predicted octanol–water partition coefficient (Wildman–Crippen LogP) is 3.57. The summed E-state index contributed by atoms with van der Waals surface area (Å²) < 4.78 is 51.9. The molecule has 86 valence electrons. The summed E-state index contributed by atoms with van der Waals surface area (Å²) in [5.41, 5.74) is 0. The van der Waals surface area contributed by atoms with Crippen LogP contribution in [-0.4, -0.2) is 25.7 Å². The van der Waals surface area contributed by atoms with E-state index in [1.165, 1.54) is 24.3 Å². The van der Waals surface area contributed by atoms with Crippen molar-refractivity contribution in [2.24, 2.45) is 0 Å². The Morgan fingerprint density at radius 2 is 1.27 bits per heavy atom. The molecule has 0 aromatic heterocycles. The van der Waals surface area contributed by atoms with Crippen molar-refractivity contribution in [2.75, 3.05) is 13.3 Å². The molecule has 0 saturated carbocycles. The number of alkyl halides is 4. The van der Waals surface area contributed by atoms with Crippen LogP contribution >= 0.6 is 6.60 Å². The summed E-state index contributed by atoms with van der Waals surface area (Å²) in [4.78, 5) is 0. The van der Waals surface area contributed by atoms with Gasteiger partial charge in [0.15, 0.2) is 0 Å². The molecule has 5 heteroatoms. The quantitative estimate of drug-likeness (QED) is 0.559. The van der Waals surface area contributed by atoms with E-state index < -0.39 is 18.9 Å². The standard InChI is InChI=1S/C10H13F4P/c1-15(2,9(11)12,10(13)14)8-6-4-3-5-7-8/h3-7,9-10H,1-2H3. The van der Waals surface area contributed by atoms with E-state index in [2.05, 4.69) is 0 Å². The van der Waals surface area contributed by atoms with Gasteiger partial charge in [-0.15, -0.1) is 0 Å². The van der Waals surface area contributed by atoms with E-state index in [9.17, 15) is 17.6 Å². The van der Waals surface area contributed by atoms with E-state index in [-0.39, 0.29) is 5.30 Å². The van der Waals surface area contributed by atoms with E-state index in [1.54, 1.807) is 6.07 Å². The van der Waals surface area contributed by atoms with Crippen molar-refractivity contribution >= 4 is 11.9 Å². The molecule has 1 aromatic rings. The molecular weight excluding hydrogens is 227 g/mol. The molecule has 1 rings (SSSR count). The molecule has 0 bridgehead atoms. The van der Waals surface area contributed by atoms with Crippen molar-refractivity contribution in [3.05, 3.63) is 30.3 Å². The van der Waals surface area contributed by atoms with Gasteiger partial charge in [0.2, 0.25) is 0 Å². The van der Waals surface area contributed by atoms with Crippen LogP contribution in [0.25, 0.3) is 0 Å². The average Bonchev–Trinajstić information content (AvgIpc) is 2.19. The predicted molar refractivity (Wildman–Crippen MR) is 56.9 cm³/mol. The molecule has 0 N–H and O–H groups in total. The SMILES string of the molecule is CP(C)(c1ccccc1)(C(F)F)C(F)F. The number of rotatable bonds is 3. The molecule has 0 saturated heterocycles. The maximum absolute atomic E-state index is 13.0. The van der Waals surface area contributed by atoms with Crippen molar-refractivity contribution in [3.63, 3.8) is 0 Å². The molecular formula is C10H13F4P. The molecule has 0 spiro atoms. The summed E-state index contributed by atoms with van der Waals surface area (Å²) in [6.45, 7) is -2.38. The second-order valence-corrected chi connectivity index (χ2v) is 10.2. The number of hydrogen-bond acceptors (Lipinski definition) is 0. The van der Waals surface area contributed by atoms with Gasteiger partial charge in [-0.1, -0.05) is 0 Å². The van der Waals surface area contributed by atoms with E-state index in [1.807, 2.05) is 0 Å². The summed E-state index contributed by atoms with van der Waals surface area (Å²) in [6.07, 6.45) is -6.00. The Labute approximate surface area is 86.2 Å². The summed E-state index contributed by atoms with van der Waals surface area (Å²) >= 11 is 0. The third kappa shape index (κ3) is 1.76. The van der Waals surface area contributed by atoms with Crippen LogP contribution in [-0.2, 0) is 0 Å². The van der Waals surface area contributed by atoms with Crippen LogP contribution in [0.1, 0.15) is 0 Å². The van der Waals surface area contributed by atoms with Crippen molar-refractivity contribution in [2.45, 2.75) is 12.3 Å². The fourth-order valence-electron chi connectivity index (χ4n) is 1.21. The molecule has 0 atom stereocenters. The Hall–Kier alpha value is -0.630. The van der Waals surface area contributed by atoms with E-state index >= 15 is 0 Å². The van der Waals surface area contributed by atoms with Gasteiger partial charge in [-0.25, -0.2) is 0 Å². The van der Waals surface area contributed by atoms with Crippen LogP contribution in [0.5, 0.6) is 0 Å². The summed E-state index contributed by atoms with van der Waals surface area (Å²) in [6, 6.07) is 7.35. The Morgan fingerprint density at radius 3 is 1.60 bits per heavy atom. The van der Waals surface area contributed by atoms with Crippen LogP contribution in [0.15, 0.2) is 30.3 Å². The normalized spacial score (nSPS) is 15.3. The molecule has 15 heavy (non-hydrogen) atoms. The van der Waals surface area contributed by atoms with Gasteiger partial charge in [0, 0.05) is 0 Å². The average molecular weight is 240 g/mol. The van der Waals surface area contributed by atoms with Gasteiger partial charge in [0.1, 0.15) is 0 Å². The van der Waals surface area contributed by atoms with E-state index in [0.29, 0.717) is 0 Å². The zero-order chi connectivity index (χ0) is 11.7. The molecule has 1 aromatic carbocycles. The van der Waals surface area contributed by atoms with Gasteiger partial charge in [0.25, 0.3) is 0 Å². The fourth-order valence-corrected chi connectivity index (χ4v) is 2.94. The van der Waals surface area contributed by atoms with Crippen LogP contribution in [0.3, 0.4) is 0 Å². The second-order valence-electron chi connectivity index (χ2n) is 4.23. The Balaban J connectivity index is 3.38. The van der Waals surface area contributed by atoms with Crippen LogP contribution in [0.2, 0.25) is 0 Å². The zero-order valence-corrected chi connectivity index (χ0v) is 9.39. The van der Waals surface area contributed by atoms with Crippen LogP contribution < -0.4 is 5.30 Å². The van der Waals surface area contributed by atoms with Crippen molar-refractivity contribution in [1.29, 1.82) is 0 Å². The molecule has 0 radical (unpaired) electrons. The minimum absolute atomic E-state index is 0.0773. The topological polar surface area (TPSA) is 0 Å². The Bertz CT molecular complexity index is 323. The van der Waals surface area contributed by atoms with Crippen molar-refractivity contribution in [3.8, 4) is 0 Å². The first-order valence-electron chi connectivity index (χ1n) is 4.42. The first-order chi connectivity index (χ1) is 6.79. The van der Waals surface area contributed by atoms with E-state index in [0.717, 1.165) is 13.3 Å². The summed E-state index contributed by atoms with van der Waals surface area (Å²) in [5.74, 6) is 0. The van der Waals surface area contributed by atoms with Crippen LogP contribution in [0, 0.1) is 0 Å². The first-order valence-corrected chi connectivity index (χ1v) is 7.69. The minimum atomic E-state index is -4.43. The monoisotopic (exact) mass is 240 g/mol. The molecule has 0 unspecified atom stereocenters. The molecule has 0 aliphatic carbocycles. The van der Waals surface area contributed by atoms with Gasteiger partial charge >= 0.3 is 85.5 Å². The molecule has 0 nitrogen and oxygen atoms in total. The molecule has 0 heterocycles. The number of benzene rings is 1. The molecule has 0 fully saturated rings. The van der Waals surface area contributed by atoms with Gasteiger partial charge in [0.05, 0.1) is 0 Å². The van der Waals surface area contributed by atoms with Crippen molar-refractivity contribution in [1.82, 2.24) is 0 Å². The molecule has 0 aliphatic rings. The Morgan fingerprint density at radius 1 is 0.867 bits per heavy atom. The van der Waals surface area contributed by atoms with E-state index in [4.69, 9.17) is 0 Å². The van der Waals surface area contributed by atoms with Crippen molar-refractivity contribution < 1.29 is 17.6 Å². The van der Waals surface area contributed by atoms with Gasteiger partial charge in [-0.05, 0) is 0 Å². The third-order valence-electron chi connectivity index (χ3n) is 2.77.